The first-order valence-corrected chi connectivity index (χ1v) is 7.80. The molecule has 0 aromatic carbocycles. The number of rotatable bonds is 7. The highest BCUT2D eigenvalue weighted by molar-refractivity contribution is 7.98. The summed E-state index contributed by atoms with van der Waals surface area (Å²) in [4.78, 5) is 35.7. The van der Waals surface area contributed by atoms with Crippen LogP contribution in [-0.2, 0) is 19.1 Å². The van der Waals surface area contributed by atoms with E-state index in [4.69, 9.17) is 15.2 Å². The zero-order valence-electron chi connectivity index (χ0n) is 12.6. The maximum atomic E-state index is 11.8. The second kappa shape index (κ2) is 8.98. The van der Waals surface area contributed by atoms with Crippen LogP contribution in [0.4, 0.5) is 11.6 Å². The van der Waals surface area contributed by atoms with Crippen molar-refractivity contribution in [3.8, 4) is 0 Å². The zero-order chi connectivity index (χ0) is 16.5. The number of anilines is 1. The van der Waals surface area contributed by atoms with Crippen LogP contribution in [0.1, 0.15) is 13.8 Å². The van der Waals surface area contributed by atoms with Gasteiger partial charge in [-0.3, -0.25) is 9.59 Å². The third-order valence-electron chi connectivity index (χ3n) is 2.33. The van der Waals surface area contributed by atoms with E-state index in [2.05, 4.69) is 15.0 Å². The van der Waals surface area contributed by atoms with E-state index in [0.717, 1.165) is 6.21 Å². The molecule has 1 rings (SSSR count). The van der Waals surface area contributed by atoms with Gasteiger partial charge in [-0.05, 0) is 20.1 Å². The molecule has 0 aliphatic rings. The molecule has 1 heterocycles. The third-order valence-corrected chi connectivity index (χ3v) is 2.88. The van der Waals surface area contributed by atoms with Crippen molar-refractivity contribution in [2.45, 2.75) is 19.0 Å². The molecule has 0 fully saturated rings. The van der Waals surface area contributed by atoms with E-state index in [1.165, 1.54) is 17.8 Å². The van der Waals surface area contributed by atoms with Crippen molar-refractivity contribution >= 4 is 41.6 Å². The van der Waals surface area contributed by atoms with Crippen molar-refractivity contribution in [2.75, 3.05) is 25.2 Å². The predicted octanol–water partition coefficient (Wildman–Crippen LogP) is 1.23. The molecular weight excluding hydrogens is 308 g/mol. The van der Waals surface area contributed by atoms with Crippen molar-refractivity contribution in [1.29, 1.82) is 0 Å². The van der Waals surface area contributed by atoms with Crippen LogP contribution in [0.2, 0.25) is 0 Å². The minimum Gasteiger partial charge on any atom is -0.465 e. The highest BCUT2D eigenvalue weighted by Crippen LogP contribution is 2.17. The Bertz CT molecular complexity index is 547. The SMILES string of the molecule is CCOC(=O)C(C=Nc1cc(N)nc(SC)n1)C(=O)OCC. The van der Waals surface area contributed by atoms with Gasteiger partial charge in [0.2, 0.25) is 0 Å². The maximum absolute atomic E-state index is 11.8. The average molecular weight is 326 g/mol. The quantitative estimate of drug-likeness (QED) is 0.261. The Hall–Kier alpha value is -2.16. The van der Waals surface area contributed by atoms with Crippen LogP contribution in [0.15, 0.2) is 16.2 Å². The lowest BCUT2D eigenvalue weighted by Gasteiger charge is -2.09. The van der Waals surface area contributed by atoms with Crippen molar-refractivity contribution in [3.05, 3.63) is 6.07 Å². The molecule has 0 aliphatic carbocycles. The summed E-state index contributed by atoms with van der Waals surface area (Å²) < 4.78 is 9.67. The maximum Gasteiger partial charge on any atom is 0.325 e. The van der Waals surface area contributed by atoms with Gasteiger partial charge >= 0.3 is 11.9 Å². The van der Waals surface area contributed by atoms with Gasteiger partial charge in [0.15, 0.2) is 16.9 Å². The lowest BCUT2D eigenvalue weighted by atomic mass is 10.2. The van der Waals surface area contributed by atoms with Crippen molar-refractivity contribution in [3.63, 3.8) is 0 Å². The summed E-state index contributed by atoms with van der Waals surface area (Å²) in [5, 5.41) is 0.441. The van der Waals surface area contributed by atoms with Crippen molar-refractivity contribution < 1.29 is 19.1 Å². The van der Waals surface area contributed by atoms with Crippen LogP contribution >= 0.6 is 11.8 Å². The van der Waals surface area contributed by atoms with Crippen LogP contribution in [0.3, 0.4) is 0 Å². The minimum absolute atomic E-state index is 0.152. The second-order valence-electron chi connectivity index (χ2n) is 3.90. The molecule has 2 N–H and O–H groups in total. The number of thioether (sulfide) groups is 1. The Balaban J connectivity index is 2.99. The molecule has 0 amide bonds. The Morgan fingerprint density at radius 3 is 2.41 bits per heavy atom. The molecule has 8 nitrogen and oxygen atoms in total. The molecule has 1 aromatic rings. The molecule has 120 valence electrons. The highest BCUT2D eigenvalue weighted by atomic mass is 32.2. The standard InChI is InChI=1S/C13H18N4O4S/c1-4-20-11(18)8(12(19)21-5-2)7-15-10-6-9(14)16-13(17-10)22-3/h6-8H,4-5H2,1-3H3,(H2,14,16,17). The molecule has 0 saturated heterocycles. The number of carbonyl (C=O) groups is 2. The summed E-state index contributed by atoms with van der Waals surface area (Å²) in [6.45, 7) is 3.60. The lowest BCUT2D eigenvalue weighted by Crippen LogP contribution is -2.29. The molecule has 0 atom stereocenters. The van der Waals surface area contributed by atoms with Gasteiger partial charge in [-0.25, -0.2) is 15.0 Å². The molecular formula is C13H18N4O4S. The number of aliphatic imine (C=N–C) groups is 1. The first-order chi connectivity index (χ1) is 10.5. The number of hydrogen-bond acceptors (Lipinski definition) is 9. The van der Waals surface area contributed by atoms with Crippen LogP contribution in [0.25, 0.3) is 0 Å². The van der Waals surface area contributed by atoms with E-state index in [-0.39, 0.29) is 24.8 Å². The van der Waals surface area contributed by atoms with E-state index < -0.39 is 17.9 Å². The summed E-state index contributed by atoms with van der Waals surface area (Å²) in [5.74, 6) is -2.20. The second-order valence-corrected chi connectivity index (χ2v) is 4.67. The van der Waals surface area contributed by atoms with E-state index in [1.807, 2.05) is 0 Å². The fourth-order valence-corrected chi connectivity index (χ4v) is 1.80. The highest BCUT2D eigenvalue weighted by Gasteiger charge is 2.27. The number of nitrogens with zero attached hydrogens (tertiary/aromatic N) is 3. The Kier molecular flexibility index (Phi) is 7.30. The molecule has 0 spiro atoms. The lowest BCUT2D eigenvalue weighted by molar-refractivity contribution is -0.157. The van der Waals surface area contributed by atoms with Gasteiger partial charge in [0.25, 0.3) is 0 Å². The summed E-state index contributed by atoms with van der Waals surface area (Å²) in [6, 6.07) is 1.43. The fraction of sp³-hybridized carbons (Fsp3) is 0.462. The molecule has 22 heavy (non-hydrogen) atoms. The van der Waals surface area contributed by atoms with Crippen molar-refractivity contribution in [1.82, 2.24) is 9.97 Å². The summed E-state index contributed by atoms with van der Waals surface area (Å²) in [5.41, 5.74) is 5.63. The van der Waals surface area contributed by atoms with Gasteiger partial charge in [0.05, 0.1) is 13.2 Å². The molecule has 1 aromatic heterocycles. The van der Waals surface area contributed by atoms with Gasteiger partial charge in [0.1, 0.15) is 5.82 Å². The zero-order valence-corrected chi connectivity index (χ0v) is 13.4. The Morgan fingerprint density at radius 2 is 1.91 bits per heavy atom. The van der Waals surface area contributed by atoms with Gasteiger partial charge in [-0.15, -0.1) is 0 Å². The van der Waals surface area contributed by atoms with Gasteiger partial charge in [0, 0.05) is 12.3 Å². The first kappa shape index (κ1) is 17.9. The number of aromatic nitrogens is 2. The molecule has 0 aliphatic heterocycles. The normalized spacial score (nSPS) is 10.9. The van der Waals surface area contributed by atoms with Crippen LogP contribution in [-0.4, -0.2) is 47.6 Å². The number of carbonyl (C=O) groups excluding carboxylic acids is 2. The van der Waals surface area contributed by atoms with Gasteiger partial charge in [-0.2, -0.15) is 0 Å². The number of hydrogen-bond donors (Lipinski definition) is 1. The summed E-state index contributed by atoms with van der Waals surface area (Å²) in [6.07, 6.45) is 2.93. The van der Waals surface area contributed by atoms with E-state index >= 15 is 0 Å². The predicted molar refractivity (Wildman–Crippen MR) is 83.1 cm³/mol. The number of nitrogens with two attached hydrogens (primary N) is 1. The smallest absolute Gasteiger partial charge is 0.325 e. The van der Waals surface area contributed by atoms with Gasteiger partial charge in [-0.1, -0.05) is 11.8 Å². The van der Waals surface area contributed by atoms with Crippen LogP contribution in [0.5, 0.6) is 0 Å². The number of esters is 2. The first-order valence-electron chi connectivity index (χ1n) is 6.57. The van der Waals surface area contributed by atoms with Crippen LogP contribution < -0.4 is 5.73 Å². The Labute approximate surface area is 132 Å². The summed E-state index contributed by atoms with van der Waals surface area (Å²) in [7, 11) is 0. The van der Waals surface area contributed by atoms with E-state index in [9.17, 15) is 9.59 Å². The molecule has 9 heteroatoms. The van der Waals surface area contributed by atoms with Crippen molar-refractivity contribution in [2.24, 2.45) is 10.9 Å². The van der Waals surface area contributed by atoms with E-state index in [0.29, 0.717) is 5.16 Å². The number of ether oxygens (including phenoxy) is 2. The van der Waals surface area contributed by atoms with E-state index in [1.54, 1.807) is 20.1 Å². The summed E-state index contributed by atoms with van der Waals surface area (Å²) >= 11 is 1.30. The van der Waals surface area contributed by atoms with Gasteiger partial charge < -0.3 is 15.2 Å². The van der Waals surface area contributed by atoms with Crippen LogP contribution in [0, 0.1) is 5.92 Å². The topological polar surface area (TPSA) is 117 Å². The fourth-order valence-electron chi connectivity index (χ4n) is 1.42. The Morgan fingerprint density at radius 1 is 1.32 bits per heavy atom. The number of nitrogen functional groups attached to an aromatic ring is 1. The molecule has 0 radical (unpaired) electrons. The monoisotopic (exact) mass is 326 g/mol. The minimum atomic E-state index is -1.24. The largest absolute Gasteiger partial charge is 0.465 e. The molecule has 0 unspecified atom stereocenters. The molecule has 0 bridgehead atoms. The molecule has 0 saturated carbocycles. The average Bonchev–Trinajstić information content (AvgIpc) is 2.47. The third kappa shape index (κ3) is 5.32.